The van der Waals surface area contributed by atoms with Gasteiger partial charge in [0.25, 0.3) is 0 Å². The van der Waals surface area contributed by atoms with E-state index in [0.29, 0.717) is 10.9 Å². The fourth-order valence-electron chi connectivity index (χ4n) is 1.20. The molecule has 2 rings (SSSR count). The maximum atomic E-state index is 11.2. The molecule has 0 radical (unpaired) electrons. The number of nitrogens with zero attached hydrogens (tertiary/aromatic N) is 4. The minimum atomic E-state index is -0.289. The molecule has 8 nitrogen and oxygen atoms in total. The Balaban J connectivity index is 2.30. The van der Waals surface area contributed by atoms with Gasteiger partial charge in [0.05, 0.1) is 0 Å². The van der Waals surface area contributed by atoms with E-state index in [1.807, 2.05) is 0 Å². The Morgan fingerprint density at radius 3 is 3.06 bits per heavy atom. The maximum absolute atomic E-state index is 11.2. The van der Waals surface area contributed by atoms with Crippen molar-refractivity contribution in [3.8, 4) is 0 Å². The molecule has 4 N–H and O–H groups in total. The van der Waals surface area contributed by atoms with Crippen LogP contribution in [0.1, 0.15) is 5.69 Å². The molecule has 0 bridgehead atoms. The fraction of sp³-hybridized carbons (Fsp3) is 0.111. The van der Waals surface area contributed by atoms with Crippen LogP contribution in [0.15, 0.2) is 38.3 Å². The highest BCUT2D eigenvalue weighted by atomic mass is 32.2. The summed E-state index contributed by atoms with van der Waals surface area (Å²) in [4.78, 5) is 15.9. The lowest BCUT2D eigenvalue weighted by Crippen LogP contribution is -2.15. The Kier molecular flexibility index (Phi) is 3.33. The van der Waals surface area contributed by atoms with E-state index in [1.165, 1.54) is 22.5 Å². The summed E-state index contributed by atoms with van der Waals surface area (Å²) in [6, 6.07) is 3.37. The highest BCUT2D eigenvalue weighted by Gasteiger charge is 2.08. The number of pyridine rings is 1. The monoisotopic (exact) mass is 266 g/mol. The molecule has 0 aliphatic heterocycles. The molecule has 0 aliphatic carbocycles. The SMILES string of the molecule is Cn1c(Sc2ccnc(C(N)=NO)c2)n[nH]c1=O. The topological polar surface area (TPSA) is 122 Å². The van der Waals surface area contributed by atoms with Crippen molar-refractivity contribution in [1.29, 1.82) is 0 Å². The van der Waals surface area contributed by atoms with E-state index in [1.54, 1.807) is 19.2 Å². The molecule has 0 saturated carbocycles. The highest BCUT2D eigenvalue weighted by molar-refractivity contribution is 7.99. The van der Waals surface area contributed by atoms with E-state index in [9.17, 15) is 4.79 Å². The van der Waals surface area contributed by atoms with Crippen molar-refractivity contribution in [3.63, 3.8) is 0 Å². The summed E-state index contributed by atoms with van der Waals surface area (Å²) in [6.07, 6.45) is 1.53. The molecule has 0 amide bonds. The largest absolute Gasteiger partial charge is 0.409 e. The number of H-pyrrole nitrogens is 1. The Labute approximate surface area is 106 Å². The van der Waals surface area contributed by atoms with Gasteiger partial charge in [-0.05, 0) is 23.9 Å². The number of nitrogens with two attached hydrogens (primary N) is 1. The Hall–Kier alpha value is -2.29. The normalized spacial score (nSPS) is 11.7. The van der Waals surface area contributed by atoms with E-state index in [0.717, 1.165) is 4.90 Å². The minimum Gasteiger partial charge on any atom is -0.409 e. The number of hydrogen-bond acceptors (Lipinski definition) is 6. The third-order valence-electron chi connectivity index (χ3n) is 2.15. The first kappa shape index (κ1) is 12.2. The molecule has 94 valence electrons. The summed E-state index contributed by atoms with van der Waals surface area (Å²) in [5.74, 6) is -0.0756. The van der Waals surface area contributed by atoms with Crippen LogP contribution in [-0.2, 0) is 7.05 Å². The second-order valence-corrected chi connectivity index (χ2v) is 4.38. The van der Waals surface area contributed by atoms with Gasteiger partial charge in [0.2, 0.25) is 0 Å². The van der Waals surface area contributed by atoms with Crippen molar-refractivity contribution < 1.29 is 5.21 Å². The summed E-state index contributed by atoms with van der Waals surface area (Å²) in [5.41, 5.74) is 5.50. The summed E-state index contributed by atoms with van der Waals surface area (Å²) < 4.78 is 1.38. The molecule has 18 heavy (non-hydrogen) atoms. The molecule has 2 aromatic heterocycles. The van der Waals surface area contributed by atoms with Crippen molar-refractivity contribution in [1.82, 2.24) is 19.7 Å². The average molecular weight is 266 g/mol. The van der Waals surface area contributed by atoms with Gasteiger partial charge in [0, 0.05) is 18.1 Å². The standard InChI is InChI=1S/C9H10N6O2S/c1-15-8(16)12-13-9(15)18-5-2-3-11-6(4-5)7(10)14-17/h2-4,17H,1H3,(H2,10,14)(H,12,16). The predicted octanol–water partition coefficient (Wildman–Crippen LogP) is -0.251. The van der Waals surface area contributed by atoms with Crippen molar-refractivity contribution in [2.45, 2.75) is 10.1 Å². The maximum Gasteiger partial charge on any atom is 0.343 e. The van der Waals surface area contributed by atoms with Crippen LogP contribution >= 0.6 is 11.8 Å². The van der Waals surface area contributed by atoms with E-state index in [4.69, 9.17) is 10.9 Å². The Bertz CT molecular complexity index is 647. The molecular weight excluding hydrogens is 256 g/mol. The molecule has 2 heterocycles. The summed E-state index contributed by atoms with van der Waals surface area (Å²) >= 11 is 1.27. The second kappa shape index (κ2) is 4.92. The lowest BCUT2D eigenvalue weighted by Gasteiger charge is -2.02. The Morgan fingerprint density at radius 1 is 1.67 bits per heavy atom. The molecule has 0 aromatic carbocycles. The quantitative estimate of drug-likeness (QED) is 0.305. The van der Waals surface area contributed by atoms with Crippen LogP contribution in [-0.4, -0.2) is 30.8 Å². The van der Waals surface area contributed by atoms with Crippen LogP contribution < -0.4 is 11.4 Å². The smallest absolute Gasteiger partial charge is 0.343 e. The van der Waals surface area contributed by atoms with Gasteiger partial charge in [-0.2, -0.15) is 0 Å². The fourth-order valence-corrected chi connectivity index (χ4v) is 2.02. The van der Waals surface area contributed by atoms with Crippen molar-refractivity contribution >= 4 is 17.6 Å². The summed E-state index contributed by atoms with van der Waals surface area (Å²) in [7, 11) is 1.61. The lowest BCUT2D eigenvalue weighted by molar-refractivity contribution is 0.318. The van der Waals surface area contributed by atoms with Gasteiger partial charge in [-0.3, -0.25) is 9.55 Å². The first-order valence-electron chi connectivity index (χ1n) is 4.85. The Morgan fingerprint density at radius 2 is 2.44 bits per heavy atom. The number of amidine groups is 1. The van der Waals surface area contributed by atoms with E-state index >= 15 is 0 Å². The lowest BCUT2D eigenvalue weighted by atomic mass is 10.3. The van der Waals surface area contributed by atoms with Gasteiger partial charge in [-0.25, -0.2) is 9.89 Å². The van der Waals surface area contributed by atoms with Gasteiger partial charge in [0.15, 0.2) is 11.0 Å². The third-order valence-corrected chi connectivity index (χ3v) is 3.19. The van der Waals surface area contributed by atoms with Crippen LogP contribution in [0.3, 0.4) is 0 Å². The van der Waals surface area contributed by atoms with Gasteiger partial charge in [0.1, 0.15) is 5.69 Å². The molecule has 9 heteroatoms. The molecule has 0 unspecified atom stereocenters. The zero-order chi connectivity index (χ0) is 13.1. The molecule has 0 spiro atoms. The molecule has 0 atom stereocenters. The molecule has 2 aromatic rings. The second-order valence-electron chi connectivity index (χ2n) is 3.33. The number of aromatic nitrogens is 4. The van der Waals surface area contributed by atoms with E-state index in [2.05, 4.69) is 20.3 Å². The third kappa shape index (κ3) is 2.35. The number of nitrogens with one attached hydrogen (secondary N) is 1. The predicted molar refractivity (Wildman–Crippen MR) is 64.7 cm³/mol. The summed E-state index contributed by atoms with van der Waals surface area (Å²) in [5, 5.41) is 18.2. The van der Waals surface area contributed by atoms with Crippen molar-refractivity contribution in [2.24, 2.45) is 17.9 Å². The molecule has 0 fully saturated rings. The van der Waals surface area contributed by atoms with Gasteiger partial charge in [-0.15, -0.1) is 5.10 Å². The van der Waals surface area contributed by atoms with Crippen molar-refractivity contribution in [3.05, 3.63) is 34.5 Å². The van der Waals surface area contributed by atoms with Gasteiger partial charge < -0.3 is 10.9 Å². The zero-order valence-corrected chi connectivity index (χ0v) is 10.2. The molecular formula is C9H10N6O2S. The van der Waals surface area contributed by atoms with E-state index < -0.39 is 0 Å². The number of aromatic amines is 1. The summed E-state index contributed by atoms with van der Waals surface area (Å²) in [6.45, 7) is 0. The number of hydrogen-bond donors (Lipinski definition) is 3. The first-order valence-corrected chi connectivity index (χ1v) is 5.66. The molecule has 0 aliphatic rings. The zero-order valence-electron chi connectivity index (χ0n) is 9.36. The van der Waals surface area contributed by atoms with Crippen LogP contribution in [0.2, 0.25) is 0 Å². The van der Waals surface area contributed by atoms with Gasteiger partial charge in [-0.1, -0.05) is 5.16 Å². The van der Waals surface area contributed by atoms with Crippen LogP contribution in [0.5, 0.6) is 0 Å². The van der Waals surface area contributed by atoms with Crippen LogP contribution in [0, 0.1) is 0 Å². The number of rotatable bonds is 3. The van der Waals surface area contributed by atoms with E-state index in [-0.39, 0.29) is 11.5 Å². The highest BCUT2D eigenvalue weighted by Crippen LogP contribution is 2.24. The minimum absolute atomic E-state index is 0.0756. The van der Waals surface area contributed by atoms with Crippen LogP contribution in [0.25, 0.3) is 0 Å². The first-order chi connectivity index (χ1) is 8.61. The molecule has 0 saturated heterocycles. The average Bonchev–Trinajstić information content (AvgIpc) is 2.70. The van der Waals surface area contributed by atoms with Crippen LogP contribution in [0.4, 0.5) is 0 Å². The number of oxime groups is 1. The van der Waals surface area contributed by atoms with Gasteiger partial charge >= 0.3 is 5.69 Å². The van der Waals surface area contributed by atoms with Crippen molar-refractivity contribution in [2.75, 3.05) is 0 Å².